The summed E-state index contributed by atoms with van der Waals surface area (Å²) < 4.78 is 49.2. The minimum atomic E-state index is -2.25. The number of rotatable bonds is 4. The molecule has 0 aliphatic rings. The molecular formula is C48H36IrN2OS2-2. The van der Waals surface area contributed by atoms with Crippen molar-refractivity contribution in [3.8, 4) is 33.0 Å². The number of furan rings is 1. The quantitative estimate of drug-likeness (QED) is 0.165. The summed E-state index contributed by atoms with van der Waals surface area (Å²) in [6.07, 6.45) is 0.0246. The molecule has 0 saturated carbocycles. The maximum atomic E-state index is 8.39. The Morgan fingerprint density at radius 3 is 2.41 bits per heavy atom. The molecule has 0 N–H and O–H groups in total. The van der Waals surface area contributed by atoms with Crippen molar-refractivity contribution in [3.63, 3.8) is 0 Å². The number of nitrogens with zero attached hydrogens (tertiary/aromatic N) is 2. The second kappa shape index (κ2) is 14.7. The van der Waals surface area contributed by atoms with Crippen LogP contribution in [0.5, 0.6) is 0 Å². The van der Waals surface area contributed by atoms with Crippen molar-refractivity contribution in [2.45, 2.75) is 34.0 Å². The molecule has 267 valence electrons. The SMILES string of the molecule is [2H]C([2H])([2H])c1c[c-]c(-c2ccc(C([2H])([2H])C(C)(C)C)cn2)cc1-c1ccccc1.[Ir].[c-]1ccc2c(oc3ccc4ccccc4c32)c1-c1nc2sc3ccccc3c2s1. The third-order valence-electron chi connectivity index (χ3n) is 9.06. The van der Waals surface area contributed by atoms with E-state index in [9.17, 15) is 0 Å². The molecule has 0 bridgehead atoms. The number of fused-ring (bicyclic) bond motifs is 8. The molecule has 0 fully saturated rings. The molecule has 0 aliphatic carbocycles. The van der Waals surface area contributed by atoms with Crippen LogP contribution in [0.15, 0.2) is 138 Å². The zero-order valence-corrected chi connectivity index (χ0v) is 33.7. The molecule has 0 aliphatic heterocycles. The van der Waals surface area contributed by atoms with Gasteiger partial charge in [-0.15, -0.1) is 58.9 Å². The van der Waals surface area contributed by atoms with E-state index in [1.807, 2.05) is 57.2 Å². The first-order valence-corrected chi connectivity index (χ1v) is 19.0. The second-order valence-electron chi connectivity index (χ2n) is 14.0. The molecular weight excluding hydrogens is 877 g/mol. The predicted molar refractivity (Wildman–Crippen MR) is 226 cm³/mol. The number of pyridine rings is 1. The van der Waals surface area contributed by atoms with Gasteiger partial charge >= 0.3 is 0 Å². The fourth-order valence-corrected chi connectivity index (χ4v) is 9.08. The summed E-state index contributed by atoms with van der Waals surface area (Å²) >= 11 is 3.47. The molecule has 0 saturated heterocycles. The van der Waals surface area contributed by atoms with Gasteiger partial charge in [-0.2, -0.15) is 11.3 Å². The fourth-order valence-electron chi connectivity index (χ4n) is 6.73. The van der Waals surface area contributed by atoms with Crippen molar-refractivity contribution in [3.05, 3.63) is 157 Å². The van der Waals surface area contributed by atoms with Crippen molar-refractivity contribution in [2.24, 2.45) is 5.41 Å². The van der Waals surface area contributed by atoms with E-state index in [1.165, 1.54) is 31.6 Å². The summed E-state index contributed by atoms with van der Waals surface area (Å²) in [6, 6.07) is 47.8. The third kappa shape index (κ3) is 6.92. The van der Waals surface area contributed by atoms with Crippen molar-refractivity contribution < 1.29 is 31.4 Å². The summed E-state index contributed by atoms with van der Waals surface area (Å²) in [5.41, 5.74) is 5.62. The van der Waals surface area contributed by atoms with Crippen LogP contribution in [0.3, 0.4) is 0 Å². The molecule has 4 aromatic heterocycles. The average Bonchev–Trinajstić information content (AvgIpc) is 3.92. The molecule has 3 nitrogen and oxygen atoms in total. The number of aromatic nitrogens is 2. The van der Waals surface area contributed by atoms with Crippen molar-refractivity contribution >= 4 is 75.0 Å². The minimum Gasteiger partial charge on any atom is -0.501 e. The van der Waals surface area contributed by atoms with E-state index in [2.05, 4.69) is 83.8 Å². The van der Waals surface area contributed by atoms with Crippen LogP contribution in [0.4, 0.5) is 0 Å². The first kappa shape index (κ1) is 30.4. The fraction of sp³-hybridized carbons (Fsp3) is 0.125. The Balaban J connectivity index is 0.000000161. The van der Waals surface area contributed by atoms with Gasteiger partial charge < -0.3 is 9.40 Å². The van der Waals surface area contributed by atoms with Crippen LogP contribution < -0.4 is 0 Å². The van der Waals surface area contributed by atoms with Gasteiger partial charge in [-0.3, -0.25) is 4.98 Å². The maximum absolute atomic E-state index is 8.39. The summed E-state index contributed by atoms with van der Waals surface area (Å²) in [4.78, 5) is 10.5. The van der Waals surface area contributed by atoms with Gasteiger partial charge in [0.15, 0.2) is 0 Å². The Labute approximate surface area is 343 Å². The van der Waals surface area contributed by atoms with Crippen LogP contribution in [0.1, 0.15) is 38.8 Å². The largest absolute Gasteiger partial charge is 0.501 e. The van der Waals surface area contributed by atoms with Crippen LogP contribution >= 0.6 is 22.7 Å². The van der Waals surface area contributed by atoms with Crippen molar-refractivity contribution in [1.82, 2.24) is 9.97 Å². The molecule has 10 rings (SSSR count). The normalized spacial score (nSPS) is 13.5. The average molecular weight is 918 g/mol. The first-order valence-electron chi connectivity index (χ1n) is 19.9. The molecule has 54 heavy (non-hydrogen) atoms. The predicted octanol–water partition coefficient (Wildman–Crippen LogP) is 14.1. The number of hydrogen-bond donors (Lipinski definition) is 0. The van der Waals surface area contributed by atoms with Gasteiger partial charge in [0, 0.05) is 53.6 Å². The number of aryl methyl sites for hydroxylation is 1. The Hall–Kier alpha value is -4.97. The monoisotopic (exact) mass is 918 g/mol. The molecule has 0 spiro atoms. The van der Waals surface area contributed by atoms with E-state index in [0.717, 1.165) is 42.9 Å². The molecule has 0 unspecified atom stereocenters. The second-order valence-corrected chi connectivity index (χ2v) is 16.0. The number of thiophene rings is 1. The zero-order valence-electron chi connectivity index (χ0n) is 34.7. The minimum absolute atomic E-state index is 0. The molecule has 0 amide bonds. The van der Waals surface area contributed by atoms with E-state index in [0.29, 0.717) is 22.4 Å². The Morgan fingerprint density at radius 2 is 1.61 bits per heavy atom. The number of benzene rings is 6. The van der Waals surface area contributed by atoms with E-state index in [-0.39, 0.29) is 25.7 Å². The molecule has 4 heterocycles. The van der Waals surface area contributed by atoms with E-state index in [1.54, 1.807) is 47.1 Å². The summed E-state index contributed by atoms with van der Waals surface area (Å²) in [7, 11) is 0. The van der Waals surface area contributed by atoms with Gasteiger partial charge in [-0.1, -0.05) is 135 Å². The van der Waals surface area contributed by atoms with Crippen molar-refractivity contribution in [2.75, 3.05) is 0 Å². The summed E-state index contributed by atoms with van der Waals surface area (Å²) in [6.45, 7) is 3.32. The van der Waals surface area contributed by atoms with Gasteiger partial charge in [-0.05, 0) is 51.5 Å². The molecule has 6 aromatic carbocycles. The molecule has 1 radical (unpaired) electrons. The first-order chi connectivity index (χ1) is 27.8. The molecule has 0 atom stereocenters. The van der Waals surface area contributed by atoms with E-state index < -0.39 is 18.6 Å². The van der Waals surface area contributed by atoms with Crippen LogP contribution in [0, 0.1) is 24.4 Å². The Kier molecular flexibility index (Phi) is 8.26. The number of thiazole rings is 1. The third-order valence-corrected chi connectivity index (χ3v) is 11.4. The van der Waals surface area contributed by atoms with Gasteiger partial charge in [0.1, 0.15) is 10.4 Å². The standard InChI is InChI=1S/C25H12NOS2.C23H24N.Ir/c1-2-7-15-14(6-1)12-13-19-21(15)17-9-5-10-18(22(17)27-19)24-26-25-23(29-24)16-8-3-4-11-20(16)28-25;1-17-10-12-20(14-21(17)19-8-6-5-7-9-19)22-13-11-18(16-24-22)15-23(2,3)4;/h1-9,11-13H;5-11,13-14,16H,15H2,1-4H3;/q2*-1;/i;1D3,15D2;. The smallest absolute Gasteiger partial charge is 0.124 e. The van der Waals surface area contributed by atoms with E-state index >= 15 is 0 Å². The van der Waals surface area contributed by atoms with Crippen LogP contribution in [-0.2, 0) is 26.5 Å². The Bertz CT molecular complexity index is 3130. The van der Waals surface area contributed by atoms with Crippen molar-refractivity contribution in [1.29, 1.82) is 0 Å². The molecule has 10 aromatic rings. The van der Waals surface area contributed by atoms with E-state index in [4.69, 9.17) is 16.3 Å². The van der Waals surface area contributed by atoms with Crippen LogP contribution in [-0.4, -0.2) is 9.97 Å². The van der Waals surface area contributed by atoms with Gasteiger partial charge in [0.05, 0.1) is 10.3 Å². The van der Waals surface area contributed by atoms with Crippen LogP contribution in [0.2, 0.25) is 0 Å². The molecule has 6 heteroatoms. The zero-order chi connectivity index (χ0) is 40.4. The van der Waals surface area contributed by atoms with Crippen LogP contribution in [0.25, 0.3) is 85.3 Å². The summed E-state index contributed by atoms with van der Waals surface area (Å²) in [5, 5.41) is 6.96. The topological polar surface area (TPSA) is 38.9 Å². The van der Waals surface area contributed by atoms with Gasteiger partial charge in [-0.25, -0.2) is 0 Å². The van der Waals surface area contributed by atoms with Gasteiger partial charge in [0.2, 0.25) is 0 Å². The number of hydrogen-bond acceptors (Lipinski definition) is 5. The maximum Gasteiger partial charge on any atom is 0.124 e. The van der Waals surface area contributed by atoms with Gasteiger partial charge in [0.25, 0.3) is 0 Å². The summed E-state index contributed by atoms with van der Waals surface area (Å²) in [5.74, 6) is 0. The Morgan fingerprint density at radius 1 is 0.815 bits per heavy atom.